The maximum Gasteiger partial charge on any atom is -0.0351 e. The number of hydrogen-bond donors (Lipinski definition) is 0. The van der Waals surface area contributed by atoms with Gasteiger partial charge in [-0.2, -0.15) is 0 Å². The largest absolute Gasteiger partial charge is 0.0885 e. The Morgan fingerprint density at radius 3 is 1.62 bits per heavy atom. The third-order valence-corrected chi connectivity index (χ3v) is 2.37. The summed E-state index contributed by atoms with van der Waals surface area (Å²) in [5.41, 5.74) is 0. The van der Waals surface area contributed by atoms with Gasteiger partial charge >= 0.3 is 0 Å². The van der Waals surface area contributed by atoms with E-state index in [9.17, 15) is 0 Å². The van der Waals surface area contributed by atoms with Crippen LogP contribution in [0.4, 0.5) is 0 Å². The zero-order valence-corrected chi connectivity index (χ0v) is 9.52. The predicted octanol–water partition coefficient (Wildman–Crippen LogP) is 5.09. The molecule has 0 saturated heterocycles. The molecule has 0 aliphatic heterocycles. The van der Waals surface area contributed by atoms with Gasteiger partial charge in [0.2, 0.25) is 0 Å². The zero-order valence-electron chi connectivity index (χ0n) is 9.52. The molecule has 0 spiro atoms. The molecule has 0 heteroatoms. The Bertz CT molecular complexity index is 103. The van der Waals surface area contributed by atoms with Crippen molar-refractivity contribution in [2.24, 2.45) is 0 Å². The van der Waals surface area contributed by atoms with Gasteiger partial charge in [0.05, 0.1) is 0 Å². The summed E-state index contributed by atoms with van der Waals surface area (Å²) in [6, 6.07) is 0. The average molecular weight is 182 g/mol. The highest BCUT2D eigenvalue weighted by Gasteiger charge is 1.84. The normalized spacial score (nSPS) is 11.2. The van der Waals surface area contributed by atoms with Crippen LogP contribution in [0.5, 0.6) is 0 Å². The fraction of sp³-hybridized carbons (Fsp3) is 0.846. The average Bonchev–Trinajstić information content (AvgIpc) is 2.16. The number of allylic oxidation sites excluding steroid dienone is 2. The van der Waals surface area contributed by atoms with E-state index in [-0.39, 0.29) is 0 Å². The topological polar surface area (TPSA) is 0 Å². The fourth-order valence-corrected chi connectivity index (χ4v) is 1.44. The molecule has 13 heavy (non-hydrogen) atoms. The molecule has 0 aromatic heterocycles. The van der Waals surface area contributed by atoms with Gasteiger partial charge in [0, 0.05) is 0 Å². The minimum absolute atomic E-state index is 1.29. The highest BCUT2D eigenvalue weighted by Crippen LogP contribution is 2.04. The summed E-state index contributed by atoms with van der Waals surface area (Å²) in [5, 5.41) is 0. The summed E-state index contributed by atoms with van der Waals surface area (Å²) < 4.78 is 0. The third kappa shape index (κ3) is 11.7. The summed E-state index contributed by atoms with van der Waals surface area (Å²) in [7, 11) is 0. The first-order valence-electron chi connectivity index (χ1n) is 6.06. The van der Waals surface area contributed by atoms with E-state index in [4.69, 9.17) is 0 Å². The third-order valence-electron chi connectivity index (χ3n) is 2.37. The Labute approximate surface area is 84.4 Å². The molecular formula is C13H26. The first kappa shape index (κ1) is 12.7. The minimum atomic E-state index is 1.29. The van der Waals surface area contributed by atoms with Gasteiger partial charge in [0.15, 0.2) is 0 Å². The van der Waals surface area contributed by atoms with Gasteiger partial charge in [-0.15, -0.1) is 0 Å². The molecule has 0 amide bonds. The molecule has 0 aromatic rings. The molecule has 0 nitrogen and oxygen atoms in total. The van der Waals surface area contributed by atoms with Crippen molar-refractivity contribution in [1.29, 1.82) is 0 Å². The molecule has 0 radical (unpaired) electrons. The van der Waals surface area contributed by atoms with Crippen LogP contribution in [0.3, 0.4) is 0 Å². The van der Waals surface area contributed by atoms with Gasteiger partial charge in [0.1, 0.15) is 0 Å². The zero-order chi connectivity index (χ0) is 9.78. The van der Waals surface area contributed by atoms with Crippen molar-refractivity contribution in [3.63, 3.8) is 0 Å². The lowest BCUT2D eigenvalue weighted by Gasteiger charge is -1.94. The van der Waals surface area contributed by atoms with Gasteiger partial charge in [-0.05, 0) is 25.7 Å². The van der Waals surface area contributed by atoms with Crippen molar-refractivity contribution in [2.75, 3.05) is 0 Å². The smallest absolute Gasteiger partial charge is 0.0351 e. The second-order valence-corrected chi connectivity index (χ2v) is 3.82. The van der Waals surface area contributed by atoms with Crippen molar-refractivity contribution in [2.45, 2.75) is 71.6 Å². The molecule has 0 rings (SSSR count). The summed E-state index contributed by atoms with van der Waals surface area (Å²) in [4.78, 5) is 0. The summed E-state index contributed by atoms with van der Waals surface area (Å²) >= 11 is 0. The van der Waals surface area contributed by atoms with Crippen LogP contribution in [0.1, 0.15) is 71.6 Å². The van der Waals surface area contributed by atoms with Gasteiger partial charge in [-0.1, -0.05) is 58.1 Å². The fourth-order valence-electron chi connectivity index (χ4n) is 1.44. The maximum atomic E-state index is 2.37. The van der Waals surface area contributed by atoms with E-state index in [0.29, 0.717) is 0 Å². The lowest BCUT2D eigenvalue weighted by molar-refractivity contribution is 0.672. The Balaban J connectivity index is 2.95. The predicted molar refractivity (Wildman–Crippen MR) is 62.0 cm³/mol. The van der Waals surface area contributed by atoms with Crippen LogP contribution in [0.2, 0.25) is 0 Å². The first-order valence-corrected chi connectivity index (χ1v) is 6.06. The summed E-state index contributed by atoms with van der Waals surface area (Å²) in [6.45, 7) is 4.52. The maximum absolute atomic E-state index is 2.37. The Morgan fingerprint density at radius 1 is 0.615 bits per heavy atom. The highest BCUT2D eigenvalue weighted by molar-refractivity contribution is 4.81. The standard InChI is InChI=1S/C13H26/c1-3-5-7-9-11-13-12-10-8-6-4-2/h11,13H,3-10,12H2,1-2H3/b13-11-. The molecule has 0 unspecified atom stereocenters. The van der Waals surface area contributed by atoms with Gasteiger partial charge < -0.3 is 0 Å². The van der Waals surface area contributed by atoms with Crippen LogP contribution in [-0.2, 0) is 0 Å². The van der Waals surface area contributed by atoms with Crippen LogP contribution in [0.25, 0.3) is 0 Å². The van der Waals surface area contributed by atoms with Crippen LogP contribution >= 0.6 is 0 Å². The van der Waals surface area contributed by atoms with Crippen molar-refractivity contribution in [1.82, 2.24) is 0 Å². The molecule has 0 atom stereocenters. The molecule has 0 fully saturated rings. The molecule has 0 aliphatic carbocycles. The van der Waals surface area contributed by atoms with Crippen molar-refractivity contribution in [3.8, 4) is 0 Å². The Kier molecular flexibility index (Phi) is 11.5. The molecule has 0 heterocycles. The van der Waals surface area contributed by atoms with Crippen LogP contribution in [0, 0.1) is 0 Å². The second kappa shape index (κ2) is 11.7. The van der Waals surface area contributed by atoms with Gasteiger partial charge in [0.25, 0.3) is 0 Å². The number of rotatable bonds is 9. The quantitative estimate of drug-likeness (QED) is 0.344. The lowest BCUT2D eigenvalue weighted by Crippen LogP contribution is -1.74. The summed E-state index contributed by atoms with van der Waals surface area (Å²) in [5.74, 6) is 0. The molecule has 0 N–H and O–H groups in total. The Hall–Kier alpha value is -0.260. The summed E-state index contributed by atoms with van der Waals surface area (Å²) in [6.07, 6.45) is 17.0. The molecule has 0 aliphatic rings. The van der Waals surface area contributed by atoms with E-state index in [2.05, 4.69) is 26.0 Å². The van der Waals surface area contributed by atoms with Gasteiger partial charge in [-0.25, -0.2) is 0 Å². The highest BCUT2D eigenvalue weighted by atomic mass is 13.9. The van der Waals surface area contributed by atoms with Crippen LogP contribution in [-0.4, -0.2) is 0 Å². The second-order valence-electron chi connectivity index (χ2n) is 3.82. The van der Waals surface area contributed by atoms with Crippen molar-refractivity contribution >= 4 is 0 Å². The molecule has 0 aromatic carbocycles. The SMILES string of the molecule is CCCCC/C=C\CCCCCC. The number of hydrogen-bond acceptors (Lipinski definition) is 0. The van der Waals surface area contributed by atoms with E-state index in [0.717, 1.165) is 0 Å². The van der Waals surface area contributed by atoms with E-state index in [1.165, 1.54) is 57.8 Å². The van der Waals surface area contributed by atoms with Gasteiger partial charge in [-0.3, -0.25) is 0 Å². The molecular weight excluding hydrogens is 156 g/mol. The van der Waals surface area contributed by atoms with E-state index in [1.54, 1.807) is 0 Å². The van der Waals surface area contributed by atoms with Crippen molar-refractivity contribution < 1.29 is 0 Å². The monoisotopic (exact) mass is 182 g/mol. The van der Waals surface area contributed by atoms with E-state index >= 15 is 0 Å². The minimum Gasteiger partial charge on any atom is -0.0885 e. The van der Waals surface area contributed by atoms with Crippen LogP contribution in [0.15, 0.2) is 12.2 Å². The molecule has 0 saturated carbocycles. The van der Waals surface area contributed by atoms with Crippen molar-refractivity contribution in [3.05, 3.63) is 12.2 Å². The van der Waals surface area contributed by atoms with E-state index < -0.39 is 0 Å². The molecule has 78 valence electrons. The van der Waals surface area contributed by atoms with Crippen LogP contribution < -0.4 is 0 Å². The lowest BCUT2D eigenvalue weighted by atomic mass is 10.1. The molecule has 0 bridgehead atoms. The first-order chi connectivity index (χ1) is 6.41. The number of unbranched alkanes of at least 4 members (excludes halogenated alkanes) is 7. The van der Waals surface area contributed by atoms with E-state index in [1.807, 2.05) is 0 Å². The Morgan fingerprint density at radius 2 is 1.08 bits per heavy atom.